The molecule has 0 aliphatic heterocycles. The van der Waals surface area contributed by atoms with Crippen molar-refractivity contribution >= 4 is 0 Å². The third-order valence-electron chi connectivity index (χ3n) is 1.79. The second-order valence-corrected chi connectivity index (χ2v) is 2.84. The van der Waals surface area contributed by atoms with E-state index in [0.29, 0.717) is 5.56 Å². The largest absolute Gasteiger partial charge is 0.312 e. The molecule has 0 aromatic heterocycles. The zero-order valence-electron chi connectivity index (χ0n) is 18.6. The van der Waals surface area contributed by atoms with Crippen LogP contribution in [0.1, 0.15) is 46.1 Å². The monoisotopic (exact) mass is 200 g/mol. The third-order valence-corrected chi connectivity index (χ3v) is 1.79. The van der Waals surface area contributed by atoms with Crippen LogP contribution in [0.4, 0.5) is 0 Å². The van der Waals surface area contributed by atoms with Gasteiger partial charge in [-0.15, -0.1) is 0 Å². The maximum absolute atomic E-state index is 8.30. The fourth-order valence-electron chi connectivity index (χ4n) is 1.11. The van der Waals surface area contributed by atoms with Crippen molar-refractivity contribution in [3.8, 4) is 0 Å². The van der Waals surface area contributed by atoms with Crippen LogP contribution in [-0.4, -0.2) is 6.50 Å². The van der Waals surface area contributed by atoms with Crippen LogP contribution in [-0.2, 0) is 6.54 Å². The number of benzene rings is 1. The van der Waals surface area contributed by atoms with Crippen LogP contribution in [0.5, 0.6) is 0 Å². The summed E-state index contributed by atoms with van der Waals surface area (Å²) in [6.45, 7) is -3.22. The molecule has 0 atom stereocenters. The van der Waals surface area contributed by atoms with Gasteiger partial charge in [-0.25, -0.2) is 0 Å². The molecule has 1 aliphatic carbocycles. The quantitative estimate of drug-likeness (QED) is 0.788. The van der Waals surface area contributed by atoms with Gasteiger partial charge in [-0.1, -0.05) is 43.1 Å². The van der Waals surface area contributed by atoms with Crippen LogP contribution in [0.2, 0.25) is 0 Å². The number of nitrogens with one attached hydrogen (secondary N) is 1. The molecule has 1 aromatic carbocycles. The molecule has 0 amide bonds. The van der Waals surface area contributed by atoms with E-state index in [1.807, 2.05) is 0 Å². The fraction of sp³-hybridized carbons (Fsp3) is 0.538. The van der Waals surface area contributed by atoms with Crippen LogP contribution < -0.4 is 5.32 Å². The lowest BCUT2D eigenvalue weighted by Gasteiger charge is -2.10. The Kier molecular flexibility index (Phi) is 1.14. The molecule has 0 unspecified atom stereocenters. The Morgan fingerprint density at radius 2 is 2.07 bits per heavy atom. The van der Waals surface area contributed by atoms with E-state index in [-0.39, 0.29) is 6.54 Å². The highest BCUT2D eigenvalue weighted by Crippen LogP contribution is 2.23. The lowest BCUT2D eigenvalue weighted by Crippen LogP contribution is -2.20. The maximum atomic E-state index is 8.30. The van der Waals surface area contributed by atoms with Gasteiger partial charge in [-0.3, -0.25) is 0 Å². The van der Waals surface area contributed by atoms with E-state index in [0.717, 1.165) is 0 Å². The molecule has 0 radical (unpaired) electrons. The van der Waals surface area contributed by atoms with Crippen molar-refractivity contribution in [1.29, 1.82) is 0 Å². The Bertz CT molecular complexity index is 615. The van der Waals surface area contributed by atoms with Gasteiger partial charge in [0, 0.05) is 21.6 Å². The van der Waals surface area contributed by atoms with Crippen LogP contribution >= 0.6 is 0 Å². The third kappa shape index (κ3) is 2.85. The van der Waals surface area contributed by atoms with Gasteiger partial charge >= 0.3 is 0 Å². The summed E-state index contributed by atoms with van der Waals surface area (Å²) < 4.78 is 87.2. The summed E-state index contributed by atoms with van der Waals surface area (Å²) in [5, 5.41) is 2.28. The second-order valence-electron chi connectivity index (χ2n) is 2.84. The first kappa shape index (κ1) is 3.08. The Balaban J connectivity index is 2.49. The van der Waals surface area contributed by atoms with Crippen LogP contribution in [0, 0.1) is 5.89 Å². The van der Waals surface area contributed by atoms with Gasteiger partial charge < -0.3 is 5.32 Å². The normalized spacial score (nSPS) is 46.7. The summed E-state index contributed by atoms with van der Waals surface area (Å²) in [4.78, 5) is 0. The highest BCUT2D eigenvalue weighted by Gasteiger charge is 2.13. The van der Waals surface area contributed by atoms with Gasteiger partial charge in [0.1, 0.15) is 0 Å². The minimum Gasteiger partial charge on any atom is -0.312 e. The van der Waals surface area contributed by atoms with Gasteiger partial charge in [0.25, 0.3) is 0 Å². The van der Waals surface area contributed by atoms with Crippen molar-refractivity contribution in [2.24, 2.45) is 5.89 Å². The molecule has 1 N–H and O–H groups in total. The molecule has 1 aliphatic rings. The molecule has 0 spiro atoms. The highest BCUT2D eigenvalue weighted by molar-refractivity contribution is 5.14. The van der Waals surface area contributed by atoms with Gasteiger partial charge in [0.05, 0.1) is 0 Å². The molecule has 0 heterocycles. The Labute approximate surface area is 102 Å². The molecule has 2 rings (SSSR count). The Morgan fingerprint density at radius 1 is 1.36 bits per heavy atom. The van der Waals surface area contributed by atoms with Crippen molar-refractivity contribution in [3.63, 3.8) is 0 Å². The average Bonchev–Trinajstić information content (AvgIpc) is 2.56. The molecule has 76 valence electrons. The van der Waals surface area contributed by atoms with Gasteiger partial charge in [-0.05, 0) is 30.7 Å². The summed E-state index contributed by atoms with van der Waals surface area (Å²) in [7, 11) is 0. The Hall–Kier alpha value is -0.820. The predicted octanol–water partition coefficient (Wildman–Crippen LogP) is 2.97. The minimum atomic E-state index is -3.44. The van der Waals surface area contributed by atoms with Gasteiger partial charge in [0.2, 0.25) is 0 Å². The minimum absolute atomic E-state index is 0.160. The van der Waals surface area contributed by atoms with E-state index < -0.39 is 37.9 Å². The maximum Gasteiger partial charge on any atom is 0.0431 e. The van der Waals surface area contributed by atoms with E-state index in [9.17, 15) is 0 Å². The molecule has 0 bridgehead atoms. The molecule has 1 aromatic rings. The van der Waals surface area contributed by atoms with E-state index in [4.69, 9.17) is 15.1 Å². The highest BCUT2D eigenvalue weighted by atomic mass is 14.9. The molecule has 14 heavy (non-hydrogen) atoms. The van der Waals surface area contributed by atoms with Crippen LogP contribution in [0.15, 0.2) is 30.3 Å². The molecule has 0 saturated heterocycles. The topological polar surface area (TPSA) is 12.0 Å². The first-order valence-corrected chi connectivity index (χ1v) is 4.37. The summed E-state index contributed by atoms with van der Waals surface area (Å²) in [5.41, 5.74) is 0.597. The molecular formula is C13H19N. The lowest BCUT2D eigenvalue weighted by molar-refractivity contribution is 0.489. The zero-order chi connectivity index (χ0) is 19.5. The van der Waals surface area contributed by atoms with Gasteiger partial charge in [0.15, 0.2) is 0 Å². The van der Waals surface area contributed by atoms with Crippen molar-refractivity contribution in [2.75, 3.05) is 6.50 Å². The van der Waals surface area contributed by atoms with E-state index >= 15 is 0 Å². The summed E-state index contributed by atoms with van der Waals surface area (Å²) in [6, 6.07) is 8.41. The van der Waals surface area contributed by atoms with Crippen molar-refractivity contribution in [2.45, 2.75) is 32.0 Å². The van der Waals surface area contributed by atoms with Crippen molar-refractivity contribution in [3.05, 3.63) is 35.9 Å². The molecular weight excluding hydrogens is 170 g/mol. The SMILES string of the molecule is [2H]C([2H])(NCc1ccccc1)C1([2H])C([2H])([2H])C([2H])([2H])C([2H])([2H])C1([2H])[2H]. The van der Waals surface area contributed by atoms with E-state index in [2.05, 4.69) is 5.32 Å². The number of hydrogen-bond donors (Lipinski definition) is 1. The molecule has 1 heteroatoms. The van der Waals surface area contributed by atoms with Crippen LogP contribution in [0.25, 0.3) is 0 Å². The van der Waals surface area contributed by atoms with Crippen molar-refractivity contribution in [1.82, 2.24) is 5.32 Å². The predicted molar refractivity (Wildman–Crippen MR) is 60.1 cm³/mol. The Morgan fingerprint density at radius 3 is 2.79 bits per heavy atom. The van der Waals surface area contributed by atoms with Gasteiger partial charge in [-0.2, -0.15) is 0 Å². The fourth-order valence-corrected chi connectivity index (χ4v) is 1.11. The second kappa shape index (κ2) is 5.16. The van der Waals surface area contributed by atoms with E-state index in [1.165, 1.54) is 0 Å². The number of hydrogen-bond acceptors (Lipinski definition) is 1. The van der Waals surface area contributed by atoms with E-state index in [1.54, 1.807) is 30.3 Å². The summed E-state index contributed by atoms with van der Waals surface area (Å²) >= 11 is 0. The molecule has 1 saturated carbocycles. The number of rotatable bonds is 4. The lowest BCUT2D eigenvalue weighted by atomic mass is 10.1. The molecule has 1 fully saturated rings. The zero-order valence-corrected chi connectivity index (χ0v) is 7.59. The van der Waals surface area contributed by atoms with Crippen LogP contribution in [0.3, 0.4) is 0 Å². The molecule has 1 nitrogen and oxygen atoms in total. The average molecular weight is 200 g/mol. The summed E-state index contributed by atoms with van der Waals surface area (Å²) in [6.07, 6.45) is -13.7. The van der Waals surface area contributed by atoms with Crippen molar-refractivity contribution < 1.29 is 15.1 Å². The smallest absolute Gasteiger partial charge is 0.0431 e. The first-order valence-electron chi connectivity index (χ1n) is 9.87. The standard InChI is InChI=1S/C13H19N/c1-2-6-12(7-3-1)10-14-11-13-8-4-5-9-13/h1-3,6-7,13-14H,4-5,8-11H2/i4D2,5D2,8D2,9D2,11D2,13D. The first-order chi connectivity index (χ1) is 11.1. The summed E-state index contributed by atoms with van der Waals surface area (Å²) in [5.74, 6) is -3.38.